The molecule has 0 radical (unpaired) electrons. The Morgan fingerprint density at radius 3 is 1.07 bits per heavy atom. The lowest BCUT2D eigenvalue weighted by Gasteiger charge is -2.18. The van der Waals surface area contributed by atoms with Gasteiger partial charge in [-0.15, -0.1) is 0 Å². The van der Waals surface area contributed by atoms with Crippen LogP contribution in [0.1, 0.15) is 258 Å². The summed E-state index contributed by atoms with van der Waals surface area (Å²) in [6.45, 7) is 6.53. The highest BCUT2D eigenvalue weighted by molar-refractivity contribution is 5.71. The molecule has 0 spiro atoms. The number of unbranched alkanes of at least 4 members (excludes halogenated alkanes) is 29. The van der Waals surface area contributed by atoms with Crippen LogP contribution in [0.5, 0.6) is 0 Å². The molecule has 0 bridgehead atoms. The molecule has 0 aromatic carbocycles. The molecule has 0 aromatic heterocycles. The van der Waals surface area contributed by atoms with Gasteiger partial charge in [0.1, 0.15) is 13.2 Å². The van der Waals surface area contributed by atoms with Gasteiger partial charge in [-0.1, -0.05) is 218 Å². The molecule has 328 valence electrons. The van der Waals surface area contributed by atoms with Crippen molar-refractivity contribution in [2.24, 2.45) is 0 Å². The first kappa shape index (κ1) is 53.9. The first-order chi connectivity index (χ1) is 27.5. The van der Waals surface area contributed by atoms with Gasteiger partial charge in [-0.25, -0.2) is 0 Å². The van der Waals surface area contributed by atoms with Crippen molar-refractivity contribution in [2.75, 3.05) is 13.2 Å². The van der Waals surface area contributed by atoms with Crippen LogP contribution in [0.2, 0.25) is 0 Å². The van der Waals surface area contributed by atoms with Crippen molar-refractivity contribution in [3.63, 3.8) is 0 Å². The highest BCUT2D eigenvalue weighted by Gasteiger charge is 2.19. The number of hydrogen-bond donors (Lipinski definition) is 0. The van der Waals surface area contributed by atoms with Crippen molar-refractivity contribution in [1.29, 1.82) is 0 Å². The summed E-state index contributed by atoms with van der Waals surface area (Å²) in [6, 6.07) is 0. The van der Waals surface area contributed by atoms with Crippen molar-refractivity contribution in [3.05, 3.63) is 24.3 Å². The Balaban J connectivity index is 4.34. The molecule has 0 aromatic rings. The van der Waals surface area contributed by atoms with Crippen LogP contribution >= 0.6 is 0 Å². The average molecular weight is 789 g/mol. The van der Waals surface area contributed by atoms with Crippen molar-refractivity contribution >= 4 is 17.9 Å². The van der Waals surface area contributed by atoms with Gasteiger partial charge in [0.25, 0.3) is 0 Å². The SMILES string of the molecule is CC/C=C\C/C=C\CCCCCCCC(=O)OC(COC(=O)CCCCCCCCCCCCCC)COC(=O)CCCCCCCCCCCCCCCC. The van der Waals surface area contributed by atoms with E-state index in [1.54, 1.807) is 0 Å². The molecule has 56 heavy (non-hydrogen) atoms. The van der Waals surface area contributed by atoms with Gasteiger partial charge in [0.05, 0.1) is 0 Å². The average Bonchev–Trinajstić information content (AvgIpc) is 3.19. The highest BCUT2D eigenvalue weighted by atomic mass is 16.6. The third kappa shape index (κ3) is 43.0. The second-order valence-electron chi connectivity index (χ2n) is 16.4. The van der Waals surface area contributed by atoms with Crippen LogP contribution in [0, 0.1) is 0 Å². The van der Waals surface area contributed by atoms with E-state index in [1.807, 2.05) is 0 Å². The van der Waals surface area contributed by atoms with Gasteiger partial charge < -0.3 is 14.2 Å². The molecular formula is C50H92O6. The van der Waals surface area contributed by atoms with Crippen LogP contribution in [0.15, 0.2) is 24.3 Å². The Labute approximate surface area is 347 Å². The molecule has 0 aliphatic heterocycles. The Morgan fingerprint density at radius 1 is 0.375 bits per heavy atom. The Morgan fingerprint density at radius 2 is 0.696 bits per heavy atom. The fourth-order valence-corrected chi connectivity index (χ4v) is 7.07. The van der Waals surface area contributed by atoms with E-state index in [0.717, 1.165) is 89.9 Å². The van der Waals surface area contributed by atoms with Crippen LogP contribution in [-0.4, -0.2) is 37.2 Å². The fraction of sp³-hybridized carbons (Fsp3) is 0.860. The normalized spacial score (nSPS) is 12.1. The number of hydrogen-bond acceptors (Lipinski definition) is 6. The maximum Gasteiger partial charge on any atom is 0.306 e. The summed E-state index contributed by atoms with van der Waals surface area (Å²) < 4.78 is 16.7. The molecule has 6 nitrogen and oxygen atoms in total. The number of allylic oxidation sites excluding steroid dienone is 4. The number of carbonyl (C=O) groups excluding carboxylic acids is 3. The van der Waals surface area contributed by atoms with Gasteiger partial charge in [-0.05, 0) is 44.9 Å². The third-order valence-corrected chi connectivity index (χ3v) is 10.7. The van der Waals surface area contributed by atoms with Crippen LogP contribution in [0.3, 0.4) is 0 Å². The van der Waals surface area contributed by atoms with E-state index in [0.29, 0.717) is 19.3 Å². The molecule has 6 heteroatoms. The zero-order valence-corrected chi connectivity index (χ0v) is 37.4. The van der Waals surface area contributed by atoms with Crippen molar-refractivity contribution in [2.45, 2.75) is 264 Å². The van der Waals surface area contributed by atoms with Crippen molar-refractivity contribution in [1.82, 2.24) is 0 Å². The van der Waals surface area contributed by atoms with Crippen LogP contribution in [-0.2, 0) is 28.6 Å². The molecule has 0 aliphatic carbocycles. The second kappa shape index (κ2) is 45.6. The van der Waals surface area contributed by atoms with Gasteiger partial charge in [-0.2, -0.15) is 0 Å². The maximum atomic E-state index is 12.7. The zero-order chi connectivity index (χ0) is 40.8. The smallest absolute Gasteiger partial charge is 0.306 e. The summed E-state index contributed by atoms with van der Waals surface area (Å²) in [6.07, 6.45) is 50.1. The molecule has 0 aliphatic rings. The lowest BCUT2D eigenvalue weighted by atomic mass is 10.0. The van der Waals surface area contributed by atoms with E-state index in [4.69, 9.17) is 14.2 Å². The third-order valence-electron chi connectivity index (χ3n) is 10.7. The van der Waals surface area contributed by atoms with Gasteiger partial charge in [0.15, 0.2) is 6.10 Å². The zero-order valence-electron chi connectivity index (χ0n) is 37.4. The van der Waals surface area contributed by atoms with E-state index >= 15 is 0 Å². The molecule has 1 atom stereocenters. The molecule has 0 amide bonds. The number of esters is 3. The fourth-order valence-electron chi connectivity index (χ4n) is 7.07. The lowest BCUT2D eigenvalue weighted by Crippen LogP contribution is -2.30. The first-order valence-electron chi connectivity index (χ1n) is 24.3. The van der Waals surface area contributed by atoms with Gasteiger partial charge in [0.2, 0.25) is 0 Å². The summed E-state index contributed by atoms with van der Waals surface area (Å²) >= 11 is 0. The number of rotatable bonds is 44. The topological polar surface area (TPSA) is 78.9 Å². The van der Waals surface area contributed by atoms with Crippen molar-refractivity contribution < 1.29 is 28.6 Å². The monoisotopic (exact) mass is 789 g/mol. The predicted octanol–water partition coefficient (Wildman–Crippen LogP) is 15.6. The van der Waals surface area contributed by atoms with Gasteiger partial charge in [-0.3, -0.25) is 14.4 Å². The standard InChI is InChI=1S/C50H92O6/c1-4-7-10-13-16-19-22-25-26-29-31-34-37-40-43-49(52)55-46-47(56-50(53)44-41-38-35-32-28-24-21-18-15-12-9-6-3)45-54-48(51)42-39-36-33-30-27-23-20-17-14-11-8-5-2/h9,12,18,21,47H,4-8,10-11,13-17,19-20,22-46H2,1-3H3/b12-9-,21-18-. The van der Waals surface area contributed by atoms with Gasteiger partial charge in [0, 0.05) is 19.3 Å². The molecule has 0 N–H and O–H groups in total. The Bertz CT molecular complexity index is 911. The molecule has 0 saturated heterocycles. The minimum Gasteiger partial charge on any atom is -0.462 e. The summed E-state index contributed by atoms with van der Waals surface area (Å²) in [5, 5.41) is 0. The van der Waals surface area contributed by atoms with E-state index in [1.165, 1.54) is 128 Å². The van der Waals surface area contributed by atoms with Crippen LogP contribution in [0.25, 0.3) is 0 Å². The quantitative estimate of drug-likeness (QED) is 0.0265. The minimum atomic E-state index is -0.771. The summed E-state index contributed by atoms with van der Waals surface area (Å²) in [5.74, 6) is -0.877. The maximum absolute atomic E-state index is 12.7. The summed E-state index contributed by atoms with van der Waals surface area (Å²) in [5.41, 5.74) is 0. The van der Waals surface area contributed by atoms with Crippen molar-refractivity contribution in [3.8, 4) is 0 Å². The predicted molar refractivity (Wildman–Crippen MR) is 238 cm³/mol. The van der Waals surface area contributed by atoms with Crippen LogP contribution in [0.4, 0.5) is 0 Å². The van der Waals surface area contributed by atoms with Crippen LogP contribution < -0.4 is 0 Å². The Kier molecular flexibility index (Phi) is 43.9. The van der Waals surface area contributed by atoms with Gasteiger partial charge >= 0.3 is 17.9 Å². The molecule has 0 fully saturated rings. The molecular weight excluding hydrogens is 697 g/mol. The lowest BCUT2D eigenvalue weighted by molar-refractivity contribution is -0.167. The van der Waals surface area contributed by atoms with E-state index in [-0.39, 0.29) is 31.1 Å². The molecule has 0 rings (SSSR count). The second-order valence-corrected chi connectivity index (χ2v) is 16.4. The minimum absolute atomic E-state index is 0.0726. The van der Waals surface area contributed by atoms with E-state index < -0.39 is 6.10 Å². The molecule has 1 unspecified atom stereocenters. The largest absolute Gasteiger partial charge is 0.462 e. The number of carbonyl (C=O) groups is 3. The van der Waals surface area contributed by atoms with E-state index in [9.17, 15) is 14.4 Å². The summed E-state index contributed by atoms with van der Waals surface area (Å²) in [7, 11) is 0. The molecule has 0 saturated carbocycles. The Hall–Kier alpha value is -2.11. The summed E-state index contributed by atoms with van der Waals surface area (Å²) in [4.78, 5) is 37.8. The number of ether oxygens (including phenoxy) is 3. The van der Waals surface area contributed by atoms with E-state index in [2.05, 4.69) is 45.1 Å². The first-order valence-corrected chi connectivity index (χ1v) is 24.3. The molecule has 0 heterocycles. The highest BCUT2D eigenvalue weighted by Crippen LogP contribution is 2.16.